The van der Waals surface area contributed by atoms with Gasteiger partial charge in [0, 0.05) is 18.8 Å². The Morgan fingerprint density at radius 2 is 1.59 bits per heavy atom. The Bertz CT molecular complexity index is 696. The molecule has 0 aromatic heterocycles. The highest BCUT2D eigenvalue weighted by Crippen LogP contribution is 2.15. The van der Waals surface area contributed by atoms with E-state index in [1.807, 2.05) is 0 Å². The maximum absolute atomic E-state index is 12.8. The standard InChI is InChI=1S/C13H19FN2O4S2/c14-12-4-6-13(7-5-12)15-21(17,18)10-3-11-22(19,20)16-8-1-2-9-16/h4-7,15H,1-3,8-11H2. The molecule has 0 amide bonds. The van der Waals surface area contributed by atoms with E-state index in [2.05, 4.69) is 4.72 Å². The summed E-state index contributed by atoms with van der Waals surface area (Å²) >= 11 is 0. The minimum atomic E-state index is -3.65. The number of nitrogens with zero attached hydrogens (tertiary/aromatic N) is 1. The fourth-order valence-electron chi connectivity index (χ4n) is 2.28. The van der Waals surface area contributed by atoms with Crippen LogP contribution in [0, 0.1) is 5.82 Å². The van der Waals surface area contributed by atoms with Crippen molar-refractivity contribution >= 4 is 25.7 Å². The summed E-state index contributed by atoms with van der Waals surface area (Å²) in [4.78, 5) is 0. The summed E-state index contributed by atoms with van der Waals surface area (Å²) in [5.41, 5.74) is 0.254. The summed E-state index contributed by atoms with van der Waals surface area (Å²) < 4.78 is 64.2. The number of sulfonamides is 2. The van der Waals surface area contributed by atoms with Crippen molar-refractivity contribution in [1.29, 1.82) is 0 Å². The predicted molar refractivity (Wildman–Crippen MR) is 83.0 cm³/mol. The predicted octanol–water partition coefficient (Wildman–Crippen LogP) is 1.38. The fraction of sp³-hybridized carbons (Fsp3) is 0.538. The Hall–Kier alpha value is -1.19. The van der Waals surface area contributed by atoms with Crippen molar-refractivity contribution in [1.82, 2.24) is 4.31 Å². The van der Waals surface area contributed by atoms with Crippen molar-refractivity contribution in [3.63, 3.8) is 0 Å². The number of benzene rings is 1. The molecular weight excluding hydrogens is 331 g/mol. The molecule has 1 fully saturated rings. The van der Waals surface area contributed by atoms with Crippen LogP contribution in [-0.4, -0.2) is 45.7 Å². The number of nitrogens with one attached hydrogen (secondary N) is 1. The first-order valence-corrected chi connectivity index (χ1v) is 10.3. The highest BCUT2D eigenvalue weighted by Gasteiger charge is 2.25. The maximum Gasteiger partial charge on any atom is 0.232 e. The zero-order chi connectivity index (χ0) is 16.2. The van der Waals surface area contributed by atoms with Crippen LogP contribution in [0.2, 0.25) is 0 Å². The quantitative estimate of drug-likeness (QED) is 0.805. The largest absolute Gasteiger partial charge is 0.284 e. The molecule has 0 saturated carbocycles. The first-order valence-electron chi connectivity index (χ1n) is 7.02. The van der Waals surface area contributed by atoms with Gasteiger partial charge in [-0.2, -0.15) is 0 Å². The van der Waals surface area contributed by atoms with Gasteiger partial charge in [0.15, 0.2) is 0 Å². The Morgan fingerprint density at radius 3 is 2.18 bits per heavy atom. The highest BCUT2D eigenvalue weighted by molar-refractivity contribution is 7.92. The van der Waals surface area contributed by atoms with Gasteiger partial charge in [-0.05, 0) is 43.5 Å². The summed E-state index contributed by atoms with van der Waals surface area (Å²) in [5.74, 6) is -0.936. The van der Waals surface area contributed by atoms with Gasteiger partial charge < -0.3 is 0 Å². The van der Waals surface area contributed by atoms with Crippen LogP contribution in [-0.2, 0) is 20.0 Å². The van der Waals surface area contributed by atoms with Gasteiger partial charge in [0.2, 0.25) is 20.0 Å². The molecule has 0 aliphatic carbocycles. The Morgan fingerprint density at radius 1 is 1.00 bits per heavy atom. The van der Waals surface area contributed by atoms with Crippen LogP contribution in [0.4, 0.5) is 10.1 Å². The van der Waals surface area contributed by atoms with Gasteiger partial charge in [-0.15, -0.1) is 0 Å². The second-order valence-electron chi connectivity index (χ2n) is 5.20. The van der Waals surface area contributed by atoms with Crippen LogP contribution in [0.25, 0.3) is 0 Å². The molecule has 1 aliphatic rings. The lowest BCUT2D eigenvalue weighted by Crippen LogP contribution is -2.31. The zero-order valence-corrected chi connectivity index (χ0v) is 13.7. The topological polar surface area (TPSA) is 83.5 Å². The molecule has 0 atom stereocenters. The molecule has 9 heteroatoms. The van der Waals surface area contributed by atoms with E-state index in [4.69, 9.17) is 0 Å². The van der Waals surface area contributed by atoms with Gasteiger partial charge in [0.05, 0.1) is 11.5 Å². The Labute approximate surface area is 130 Å². The van der Waals surface area contributed by atoms with E-state index >= 15 is 0 Å². The smallest absolute Gasteiger partial charge is 0.232 e. The third kappa shape index (κ3) is 4.92. The van der Waals surface area contributed by atoms with Gasteiger partial charge in [-0.25, -0.2) is 25.5 Å². The minimum absolute atomic E-state index is 0.0232. The molecule has 1 N–H and O–H groups in total. The summed E-state index contributed by atoms with van der Waals surface area (Å²) in [7, 11) is -7.02. The number of hydrogen-bond acceptors (Lipinski definition) is 4. The normalized spacial score (nSPS) is 16.8. The lowest BCUT2D eigenvalue weighted by molar-refractivity contribution is 0.476. The number of anilines is 1. The molecule has 22 heavy (non-hydrogen) atoms. The van der Waals surface area contributed by atoms with Gasteiger partial charge in [-0.3, -0.25) is 4.72 Å². The number of rotatable bonds is 7. The van der Waals surface area contributed by atoms with Crippen molar-refractivity contribution in [3.05, 3.63) is 30.1 Å². The van der Waals surface area contributed by atoms with Gasteiger partial charge in [0.1, 0.15) is 5.82 Å². The van der Waals surface area contributed by atoms with Crippen LogP contribution in [0.3, 0.4) is 0 Å². The van der Waals surface area contributed by atoms with E-state index < -0.39 is 25.9 Å². The third-order valence-electron chi connectivity index (χ3n) is 3.39. The monoisotopic (exact) mass is 350 g/mol. The Balaban J connectivity index is 1.86. The van der Waals surface area contributed by atoms with E-state index in [0.29, 0.717) is 13.1 Å². The molecule has 1 heterocycles. The van der Waals surface area contributed by atoms with Gasteiger partial charge in [-0.1, -0.05) is 0 Å². The van der Waals surface area contributed by atoms with E-state index in [9.17, 15) is 21.2 Å². The number of hydrogen-bond donors (Lipinski definition) is 1. The molecule has 0 bridgehead atoms. The minimum Gasteiger partial charge on any atom is -0.284 e. The van der Waals surface area contributed by atoms with Crippen LogP contribution in [0.15, 0.2) is 24.3 Å². The van der Waals surface area contributed by atoms with E-state index in [0.717, 1.165) is 25.0 Å². The fourth-order valence-corrected chi connectivity index (χ4v) is 5.16. The van der Waals surface area contributed by atoms with E-state index in [1.165, 1.54) is 16.4 Å². The van der Waals surface area contributed by atoms with E-state index in [-0.39, 0.29) is 23.6 Å². The lowest BCUT2D eigenvalue weighted by atomic mass is 10.3. The summed E-state index contributed by atoms with van der Waals surface area (Å²) in [6.45, 7) is 1.03. The summed E-state index contributed by atoms with van der Waals surface area (Å²) in [6, 6.07) is 4.92. The summed E-state index contributed by atoms with van der Waals surface area (Å²) in [6.07, 6.45) is 1.72. The number of halogens is 1. The second kappa shape index (κ2) is 6.93. The van der Waals surface area contributed by atoms with Crippen molar-refractivity contribution < 1.29 is 21.2 Å². The van der Waals surface area contributed by atoms with Crippen molar-refractivity contribution in [2.24, 2.45) is 0 Å². The van der Waals surface area contributed by atoms with Crippen molar-refractivity contribution in [3.8, 4) is 0 Å². The molecule has 1 aromatic carbocycles. The van der Waals surface area contributed by atoms with E-state index in [1.54, 1.807) is 0 Å². The SMILES string of the molecule is O=S(=O)(CCCS(=O)(=O)N1CCCC1)Nc1ccc(F)cc1. The lowest BCUT2D eigenvalue weighted by Gasteiger charge is -2.15. The molecule has 124 valence electrons. The average Bonchev–Trinajstić information content (AvgIpc) is 2.95. The van der Waals surface area contributed by atoms with Crippen LogP contribution >= 0.6 is 0 Å². The van der Waals surface area contributed by atoms with Gasteiger partial charge in [0.25, 0.3) is 0 Å². The van der Waals surface area contributed by atoms with Crippen LogP contribution in [0.1, 0.15) is 19.3 Å². The molecule has 0 unspecified atom stereocenters. The Kier molecular flexibility index (Phi) is 5.41. The third-order valence-corrected chi connectivity index (χ3v) is 6.72. The molecular formula is C13H19FN2O4S2. The van der Waals surface area contributed by atoms with Gasteiger partial charge >= 0.3 is 0 Å². The van der Waals surface area contributed by atoms with Crippen molar-refractivity contribution in [2.45, 2.75) is 19.3 Å². The first-order chi connectivity index (χ1) is 10.3. The van der Waals surface area contributed by atoms with Crippen LogP contribution < -0.4 is 4.72 Å². The molecule has 0 radical (unpaired) electrons. The average molecular weight is 350 g/mol. The molecule has 6 nitrogen and oxygen atoms in total. The second-order valence-corrected chi connectivity index (χ2v) is 9.13. The summed E-state index contributed by atoms with van der Waals surface area (Å²) in [5, 5.41) is 0. The first kappa shape index (κ1) is 17.2. The highest BCUT2D eigenvalue weighted by atomic mass is 32.2. The van der Waals surface area contributed by atoms with Crippen molar-refractivity contribution in [2.75, 3.05) is 29.3 Å². The van der Waals surface area contributed by atoms with Crippen LogP contribution in [0.5, 0.6) is 0 Å². The molecule has 1 aromatic rings. The molecule has 1 aliphatic heterocycles. The molecule has 1 saturated heterocycles. The molecule has 2 rings (SSSR count). The zero-order valence-electron chi connectivity index (χ0n) is 12.0. The maximum atomic E-state index is 12.8. The molecule has 0 spiro atoms.